The molecular formula is C50B30O. The molecule has 0 bridgehead atoms. The number of rotatable bonds is 3. The Morgan fingerprint density at radius 2 is 0.309 bits per heavy atom. The first-order valence-corrected chi connectivity index (χ1v) is 23.8. The zero-order valence-electron chi connectivity index (χ0n) is 42.7. The van der Waals surface area contributed by atoms with Crippen molar-refractivity contribution in [1.29, 1.82) is 0 Å². The van der Waals surface area contributed by atoms with Gasteiger partial charge in [-0.15, -0.1) is 49.2 Å². The molecule has 11 aromatic rings. The SMILES string of the molecule is [B]c1c([B])c(-c2c([B])c([B])c([B])c3c([B])c([B])c4c([B])c([B])c([B])c([B])c4c23)c([B])c([B])c1-c1c2c([B])c([B])c([B])c([B])c2c(-c2c([B])c([B])c3oc4c([B])c([B])c5c([B])c([B])c([B])c([B])c5c4c3c2[B])c2c([B])c([B])c([B])c([B])c12. The Hall–Kier alpha value is -4.75. The molecule has 10 aromatic carbocycles. The monoisotopic (exact) mass is 946 g/mol. The van der Waals surface area contributed by atoms with Gasteiger partial charge in [0.25, 0.3) is 0 Å². The third kappa shape index (κ3) is 7.30. The third-order valence-electron chi connectivity index (χ3n) is 16.0. The Morgan fingerprint density at radius 1 is 0.111 bits per heavy atom. The Kier molecular flexibility index (Phi) is 13.9. The average Bonchev–Trinajstić information content (AvgIpc) is 3.20. The molecule has 0 atom stereocenters. The van der Waals surface area contributed by atoms with Crippen LogP contribution < -0.4 is 164 Å². The van der Waals surface area contributed by atoms with Gasteiger partial charge in [0.15, 0.2) is 0 Å². The molecule has 60 radical (unpaired) electrons. The first kappa shape index (κ1) is 58.0. The van der Waals surface area contributed by atoms with E-state index < -0.39 is 0 Å². The van der Waals surface area contributed by atoms with Gasteiger partial charge in [0.2, 0.25) is 0 Å². The van der Waals surface area contributed by atoms with Crippen LogP contribution in [0.1, 0.15) is 0 Å². The van der Waals surface area contributed by atoms with Crippen molar-refractivity contribution in [3.05, 3.63) is 0 Å². The zero-order chi connectivity index (χ0) is 59.6. The van der Waals surface area contributed by atoms with Gasteiger partial charge in [0, 0.05) is 10.8 Å². The standard InChI is InChI=1S/C50B30O/c51-19-12(36(68)48(80)50-18(19)11-10-17(37(69)47(79)49(11)81-50)35(67)46(78)44(76)26(10)58)1-4-6(22(54)41(73)39(71)20(4)52)2(7-5(1)21(53)40(72)42(74)23(7)55)13-27(59)30(62)15(31(63)28(13)60)8-3-9-16(34(66)45(77)43(75)25(9)57)32(64)29(61)14(3)33(65)38(70)24(8)56. The van der Waals surface area contributed by atoms with Crippen molar-refractivity contribution in [3.8, 4) is 33.4 Å². The van der Waals surface area contributed by atoms with Gasteiger partial charge in [-0.2, -0.15) is 0 Å². The van der Waals surface area contributed by atoms with Gasteiger partial charge in [0.1, 0.15) is 247 Å². The summed E-state index contributed by atoms with van der Waals surface area (Å²) in [6, 6.07) is 0. The molecule has 1 aromatic heterocycles. The van der Waals surface area contributed by atoms with Gasteiger partial charge in [-0.25, -0.2) is 0 Å². The van der Waals surface area contributed by atoms with Crippen molar-refractivity contribution < 1.29 is 4.42 Å². The quantitative estimate of drug-likeness (QED) is 0.0977. The van der Waals surface area contributed by atoms with E-state index in [2.05, 4.69) is 0 Å². The van der Waals surface area contributed by atoms with Gasteiger partial charge >= 0.3 is 0 Å². The fourth-order valence-electron chi connectivity index (χ4n) is 11.8. The molecule has 0 unspecified atom stereocenters. The highest BCUT2D eigenvalue weighted by molar-refractivity contribution is 6.79. The summed E-state index contributed by atoms with van der Waals surface area (Å²) in [4.78, 5) is 0. The highest BCUT2D eigenvalue weighted by atomic mass is 16.3. The third-order valence-corrected chi connectivity index (χ3v) is 16.0. The zero-order valence-corrected chi connectivity index (χ0v) is 42.7. The van der Waals surface area contributed by atoms with Gasteiger partial charge < -0.3 is 4.42 Å². The summed E-state index contributed by atoms with van der Waals surface area (Å²) in [5.74, 6) is 0. The molecule has 11 rings (SSSR count). The minimum atomic E-state index is -0.309. The lowest BCUT2D eigenvalue weighted by Gasteiger charge is -2.33. The van der Waals surface area contributed by atoms with Crippen LogP contribution in [0.25, 0.3) is 109 Å². The molecule has 0 aliphatic heterocycles. The molecule has 1 heterocycles. The van der Waals surface area contributed by atoms with Crippen LogP contribution in [-0.2, 0) is 0 Å². The normalized spacial score (nSPS) is 12.0. The van der Waals surface area contributed by atoms with Crippen LogP contribution in [0.4, 0.5) is 0 Å². The lowest BCUT2D eigenvalue weighted by atomic mass is 9.55. The van der Waals surface area contributed by atoms with Gasteiger partial charge in [0.05, 0.1) is 0 Å². The van der Waals surface area contributed by atoms with Crippen molar-refractivity contribution in [2.24, 2.45) is 0 Å². The van der Waals surface area contributed by atoms with E-state index >= 15 is 0 Å². The predicted molar refractivity (Wildman–Crippen MR) is 379 cm³/mol. The lowest BCUT2D eigenvalue weighted by molar-refractivity contribution is 0.675. The van der Waals surface area contributed by atoms with Crippen LogP contribution in [0.5, 0.6) is 0 Å². The van der Waals surface area contributed by atoms with Crippen molar-refractivity contribution in [1.82, 2.24) is 0 Å². The second-order valence-corrected chi connectivity index (χ2v) is 19.9. The van der Waals surface area contributed by atoms with E-state index in [1.54, 1.807) is 0 Å². The molecule has 0 saturated heterocycles. The maximum Gasteiger partial charge on any atom is 0.128 e. The Morgan fingerprint density at radius 3 is 0.667 bits per heavy atom. The summed E-state index contributed by atoms with van der Waals surface area (Å²) < 4.78 is 6.39. The molecule has 1 nitrogen and oxygen atoms in total. The minimum absolute atomic E-state index is 0.0324. The molecule has 0 amide bonds. The summed E-state index contributed by atoms with van der Waals surface area (Å²) >= 11 is 0. The maximum absolute atomic E-state index is 7.43. The van der Waals surface area contributed by atoms with Crippen LogP contribution in [0, 0.1) is 0 Å². The smallest absolute Gasteiger partial charge is 0.128 e. The Balaban J connectivity index is 1.38. The first-order valence-electron chi connectivity index (χ1n) is 23.8. The average molecular weight is 941 g/mol. The van der Waals surface area contributed by atoms with Crippen LogP contribution in [0.3, 0.4) is 0 Å². The fourth-order valence-corrected chi connectivity index (χ4v) is 11.8. The van der Waals surface area contributed by atoms with Crippen LogP contribution in [-0.4, -0.2) is 235 Å². The van der Waals surface area contributed by atoms with E-state index in [9.17, 15) is 0 Å². The Labute approximate surface area is 509 Å². The molecular weight excluding hydrogens is 941 g/mol. The van der Waals surface area contributed by atoms with Crippen molar-refractivity contribution in [3.63, 3.8) is 0 Å². The van der Waals surface area contributed by atoms with E-state index in [0.29, 0.717) is 0 Å². The number of hydrogen-bond acceptors (Lipinski definition) is 1. The molecule has 296 valence electrons. The van der Waals surface area contributed by atoms with Gasteiger partial charge in [-0.1, -0.05) is 115 Å². The summed E-state index contributed by atoms with van der Waals surface area (Å²) in [7, 11) is 206. The highest BCUT2D eigenvalue weighted by Crippen LogP contribution is 2.41. The number of hydrogen-bond donors (Lipinski definition) is 0. The second-order valence-electron chi connectivity index (χ2n) is 19.9. The van der Waals surface area contributed by atoms with Crippen LogP contribution in [0.2, 0.25) is 0 Å². The number of benzene rings is 10. The topological polar surface area (TPSA) is 13.1 Å². The van der Waals surface area contributed by atoms with Crippen molar-refractivity contribution >= 4 is 475 Å². The summed E-state index contributed by atoms with van der Waals surface area (Å²) in [6.07, 6.45) is 0. The van der Waals surface area contributed by atoms with Gasteiger partial charge in [-0.05, 0) is 87.2 Å². The van der Waals surface area contributed by atoms with E-state index in [0.717, 1.165) is 0 Å². The number of fused-ring (bicyclic) bond motifs is 10. The molecule has 0 saturated carbocycles. The Bertz CT molecular complexity index is 4820. The number of furan rings is 1. The fraction of sp³-hybridized carbons (Fsp3) is 0. The van der Waals surface area contributed by atoms with Crippen molar-refractivity contribution in [2.45, 2.75) is 0 Å². The molecule has 0 N–H and O–H groups in total. The summed E-state index contributed by atoms with van der Waals surface area (Å²) in [5.41, 5.74) is -5.66. The van der Waals surface area contributed by atoms with Crippen LogP contribution in [0.15, 0.2) is 4.42 Å². The van der Waals surface area contributed by atoms with Crippen molar-refractivity contribution in [2.75, 3.05) is 0 Å². The summed E-state index contributed by atoms with van der Waals surface area (Å²) in [6.45, 7) is 0. The van der Waals surface area contributed by atoms with E-state index in [4.69, 9.17) is 240 Å². The second kappa shape index (κ2) is 19.4. The maximum atomic E-state index is 7.43. The predicted octanol–water partition coefficient (Wildman–Crippen LogP) is -21.8. The highest BCUT2D eigenvalue weighted by Gasteiger charge is 2.32. The van der Waals surface area contributed by atoms with E-state index in [1.165, 1.54) is 0 Å². The first-order chi connectivity index (χ1) is 37.8. The van der Waals surface area contributed by atoms with E-state index in [1.807, 2.05) is 0 Å². The lowest BCUT2D eigenvalue weighted by Crippen LogP contribution is -2.52. The summed E-state index contributed by atoms with van der Waals surface area (Å²) in [5, 5.41) is 0.581. The molecule has 31 heteroatoms. The molecule has 81 heavy (non-hydrogen) atoms. The largest absolute Gasteiger partial charge is 0.457 e. The molecule has 0 aliphatic carbocycles. The molecule has 0 fully saturated rings. The van der Waals surface area contributed by atoms with E-state index in [-0.39, 0.29) is 273 Å². The van der Waals surface area contributed by atoms with Crippen LogP contribution >= 0.6 is 0 Å². The molecule has 0 aliphatic rings. The minimum Gasteiger partial charge on any atom is -0.457 e. The molecule has 0 spiro atoms. The van der Waals surface area contributed by atoms with Gasteiger partial charge in [-0.3, -0.25) is 0 Å².